The molecular formula is C17H16ClFN2O2. The van der Waals surface area contributed by atoms with Crippen molar-refractivity contribution in [2.75, 3.05) is 11.9 Å². The van der Waals surface area contributed by atoms with E-state index < -0.39 is 11.7 Å². The van der Waals surface area contributed by atoms with E-state index in [0.717, 1.165) is 0 Å². The lowest BCUT2D eigenvalue weighted by atomic mass is 10.1. The van der Waals surface area contributed by atoms with Gasteiger partial charge in [-0.2, -0.15) is 0 Å². The normalized spacial score (nSPS) is 10.3. The molecule has 2 rings (SSSR count). The number of hydrogen-bond acceptors (Lipinski definition) is 2. The highest BCUT2D eigenvalue weighted by molar-refractivity contribution is 6.34. The molecule has 0 aliphatic heterocycles. The van der Waals surface area contributed by atoms with Crippen molar-refractivity contribution in [3.05, 3.63) is 63.9 Å². The summed E-state index contributed by atoms with van der Waals surface area (Å²) in [6.07, 6.45) is 0. The van der Waals surface area contributed by atoms with Gasteiger partial charge in [0, 0.05) is 12.2 Å². The maximum absolute atomic E-state index is 14.0. The molecule has 2 amide bonds. The Balaban J connectivity index is 2.26. The highest BCUT2D eigenvalue weighted by atomic mass is 35.5. The average Bonchev–Trinajstić information content (AvgIpc) is 2.52. The van der Waals surface area contributed by atoms with Gasteiger partial charge in [0.1, 0.15) is 5.82 Å². The molecule has 0 heterocycles. The molecule has 0 radical (unpaired) electrons. The monoisotopic (exact) mass is 334 g/mol. The number of benzene rings is 2. The van der Waals surface area contributed by atoms with Gasteiger partial charge in [0.15, 0.2) is 0 Å². The number of carbonyl (C=O) groups is 2. The van der Waals surface area contributed by atoms with Gasteiger partial charge in [-0.1, -0.05) is 23.7 Å². The molecule has 2 aromatic rings. The first-order valence-electron chi connectivity index (χ1n) is 7.08. The van der Waals surface area contributed by atoms with Crippen molar-refractivity contribution in [1.82, 2.24) is 5.32 Å². The molecule has 0 saturated heterocycles. The van der Waals surface area contributed by atoms with Gasteiger partial charge in [0.2, 0.25) is 0 Å². The first-order valence-corrected chi connectivity index (χ1v) is 7.46. The Morgan fingerprint density at radius 1 is 1.13 bits per heavy atom. The fourth-order valence-electron chi connectivity index (χ4n) is 2.05. The average molecular weight is 335 g/mol. The summed E-state index contributed by atoms with van der Waals surface area (Å²) < 4.78 is 14.0. The minimum atomic E-state index is -0.588. The lowest BCUT2D eigenvalue weighted by Crippen LogP contribution is -2.23. The van der Waals surface area contributed by atoms with Crippen LogP contribution in [-0.2, 0) is 0 Å². The molecular weight excluding hydrogens is 319 g/mol. The molecule has 4 nitrogen and oxygen atoms in total. The van der Waals surface area contributed by atoms with Gasteiger partial charge in [-0.05, 0) is 43.7 Å². The van der Waals surface area contributed by atoms with Gasteiger partial charge in [0.25, 0.3) is 11.8 Å². The van der Waals surface area contributed by atoms with E-state index in [4.69, 9.17) is 11.6 Å². The number of anilines is 1. The predicted molar refractivity (Wildman–Crippen MR) is 88.5 cm³/mol. The number of halogens is 2. The summed E-state index contributed by atoms with van der Waals surface area (Å²) in [5.74, 6) is -1.49. The standard InChI is InChI=1S/C17H16ClFN2O2/c1-3-20-16(22)13-9-11(7-8-14(13)18)21-17(23)12-6-4-5-10(2)15(12)19/h4-9H,3H2,1-2H3,(H,20,22)(H,21,23). The van der Waals surface area contributed by atoms with Gasteiger partial charge in [-0.15, -0.1) is 0 Å². The Bertz CT molecular complexity index is 762. The summed E-state index contributed by atoms with van der Waals surface area (Å²) in [5.41, 5.74) is 0.939. The molecule has 0 aliphatic rings. The van der Waals surface area contributed by atoms with Crippen molar-refractivity contribution >= 4 is 29.1 Å². The maximum atomic E-state index is 14.0. The molecule has 0 unspecified atom stereocenters. The number of nitrogens with one attached hydrogen (secondary N) is 2. The van der Waals surface area contributed by atoms with Crippen LogP contribution in [0.15, 0.2) is 36.4 Å². The topological polar surface area (TPSA) is 58.2 Å². The van der Waals surface area contributed by atoms with Crippen molar-refractivity contribution in [1.29, 1.82) is 0 Å². The van der Waals surface area contributed by atoms with Crippen molar-refractivity contribution in [3.63, 3.8) is 0 Å². The summed E-state index contributed by atoms with van der Waals surface area (Å²) >= 11 is 5.99. The fourth-order valence-corrected chi connectivity index (χ4v) is 2.26. The number of carbonyl (C=O) groups excluding carboxylic acids is 2. The highest BCUT2D eigenvalue weighted by Gasteiger charge is 2.15. The van der Waals surface area contributed by atoms with Crippen LogP contribution in [0.5, 0.6) is 0 Å². The van der Waals surface area contributed by atoms with Crippen molar-refractivity contribution in [2.24, 2.45) is 0 Å². The van der Waals surface area contributed by atoms with E-state index in [2.05, 4.69) is 10.6 Å². The summed E-state index contributed by atoms with van der Waals surface area (Å²) in [5, 5.41) is 5.48. The van der Waals surface area contributed by atoms with Crippen LogP contribution in [0.2, 0.25) is 5.02 Å². The zero-order chi connectivity index (χ0) is 17.0. The zero-order valence-corrected chi connectivity index (χ0v) is 13.5. The van der Waals surface area contributed by atoms with E-state index in [1.165, 1.54) is 18.2 Å². The minimum absolute atomic E-state index is 0.0560. The number of hydrogen-bond donors (Lipinski definition) is 2. The van der Waals surface area contributed by atoms with Crippen LogP contribution in [0.1, 0.15) is 33.2 Å². The number of amides is 2. The minimum Gasteiger partial charge on any atom is -0.352 e. The smallest absolute Gasteiger partial charge is 0.258 e. The van der Waals surface area contributed by atoms with Crippen LogP contribution >= 0.6 is 11.6 Å². The van der Waals surface area contributed by atoms with Crippen LogP contribution in [-0.4, -0.2) is 18.4 Å². The number of aryl methyl sites for hydroxylation is 1. The third-order valence-electron chi connectivity index (χ3n) is 3.24. The molecule has 2 N–H and O–H groups in total. The van der Waals surface area contributed by atoms with Crippen LogP contribution < -0.4 is 10.6 Å². The SMILES string of the molecule is CCNC(=O)c1cc(NC(=O)c2cccc(C)c2F)ccc1Cl. The van der Waals surface area contributed by atoms with Gasteiger partial charge in [0.05, 0.1) is 16.1 Å². The largest absolute Gasteiger partial charge is 0.352 e. The van der Waals surface area contributed by atoms with E-state index in [-0.39, 0.29) is 22.1 Å². The molecule has 0 bridgehead atoms. The van der Waals surface area contributed by atoms with Gasteiger partial charge < -0.3 is 10.6 Å². The van der Waals surface area contributed by atoms with E-state index in [1.54, 1.807) is 32.0 Å². The van der Waals surface area contributed by atoms with Gasteiger partial charge in [-0.3, -0.25) is 9.59 Å². The highest BCUT2D eigenvalue weighted by Crippen LogP contribution is 2.22. The summed E-state index contributed by atoms with van der Waals surface area (Å²) in [6, 6.07) is 9.11. The molecule has 6 heteroatoms. The van der Waals surface area contributed by atoms with E-state index in [9.17, 15) is 14.0 Å². The molecule has 0 spiro atoms. The Morgan fingerprint density at radius 3 is 2.57 bits per heavy atom. The van der Waals surface area contributed by atoms with Gasteiger partial charge >= 0.3 is 0 Å². The summed E-state index contributed by atoms with van der Waals surface area (Å²) in [6.45, 7) is 3.83. The maximum Gasteiger partial charge on any atom is 0.258 e. The number of rotatable bonds is 4. The summed E-state index contributed by atoms with van der Waals surface area (Å²) in [7, 11) is 0. The molecule has 0 fully saturated rings. The van der Waals surface area contributed by atoms with Crippen molar-refractivity contribution in [2.45, 2.75) is 13.8 Å². The second-order valence-corrected chi connectivity index (χ2v) is 5.35. The molecule has 0 aliphatic carbocycles. The van der Waals surface area contributed by atoms with Crippen molar-refractivity contribution < 1.29 is 14.0 Å². The molecule has 2 aromatic carbocycles. The van der Waals surface area contributed by atoms with Crippen LogP contribution in [0.4, 0.5) is 10.1 Å². The Kier molecular flexibility index (Phi) is 5.34. The Labute approximate surface area is 138 Å². The molecule has 0 atom stereocenters. The Morgan fingerprint density at radius 2 is 1.87 bits per heavy atom. The predicted octanol–water partition coefficient (Wildman–Crippen LogP) is 3.79. The third kappa shape index (κ3) is 3.87. The van der Waals surface area contributed by atoms with E-state index in [1.807, 2.05) is 0 Å². The molecule has 120 valence electrons. The first kappa shape index (κ1) is 17.0. The molecule has 0 aromatic heterocycles. The Hall–Kier alpha value is -2.40. The van der Waals surface area contributed by atoms with Crippen LogP contribution in [0.25, 0.3) is 0 Å². The van der Waals surface area contributed by atoms with E-state index in [0.29, 0.717) is 17.8 Å². The van der Waals surface area contributed by atoms with E-state index >= 15 is 0 Å². The second kappa shape index (κ2) is 7.24. The van der Waals surface area contributed by atoms with Crippen LogP contribution in [0.3, 0.4) is 0 Å². The lowest BCUT2D eigenvalue weighted by molar-refractivity contribution is 0.0954. The fraction of sp³-hybridized carbons (Fsp3) is 0.176. The van der Waals surface area contributed by atoms with Gasteiger partial charge in [-0.25, -0.2) is 4.39 Å². The van der Waals surface area contributed by atoms with Crippen molar-refractivity contribution in [3.8, 4) is 0 Å². The lowest BCUT2D eigenvalue weighted by Gasteiger charge is -2.10. The zero-order valence-electron chi connectivity index (χ0n) is 12.7. The molecule has 0 saturated carbocycles. The quantitative estimate of drug-likeness (QED) is 0.893. The third-order valence-corrected chi connectivity index (χ3v) is 3.57. The summed E-state index contributed by atoms with van der Waals surface area (Å²) in [4.78, 5) is 24.1. The molecule has 23 heavy (non-hydrogen) atoms. The van der Waals surface area contributed by atoms with Crippen LogP contribution in [0, 0.1) is 12.7 Å². The first-order chi connectivity index (χ1) is 10.9. The second-order valence-electron chi connectivity index (χ2n) is 4.94.